The lowest BCUT2D eigenvalue weighted by Crippen LogP contribution is -2.02. The fourth-order valence-corrected chi connectivity index (χ4v) is 2.12. The summed E-state index contributed by atoms with van der Waals surface area (Å²) >= 11 is 5.93. The summed E-state index contributed by atoms with van der Waals surface area (Å²) in [4.78, 5) is 0. The summed E-state index contributed by atoms with van der Waals surface area (Å²) in [6.07, 6.45) is 0. The van der Waals surface area contributed by atoms with Crippen LogP contribution in [-0.2, 0) is 6.54 Å². The smallest absolute Gasteiger partial charge is 0.115 e. The summed E-state index contributed by atoms with van der Waals surface area (Å²) in [6, 6.07) is 11.2. The van der Waals surface area contributed by atoms with E-state index in [4.69, 9.17) is 11.6 Å². The normalized spacial score (nSPS) is 10.4. The van der Waals surface area contributed by atoms with Crippen molar-refractivity contribution in [3.8, 4) is 5.75 Å². The molecule has 3 heteroatoms. The van der Waals surface area contributed by atoms with Gasteiger partial charge in [0.05, 0.1) is 0 Å². The van der Waals surface area contributed by atoms with Gasteiger partial charge in [0, 0.05) is 17.3 Å². The van der Waals surface area contributed by atoms with Crippen molar-refractivity contribution in [2.75, 3.05) is 5.32 Å². The molecule has 2 aromatic rings. The van der Waals surface area contributed by atoms with Gasteiger partial charge in [-0.05, 0) is 60.9 Å². The van der Waals surface area contributed by atoms with Crippen LogP contribution in [0.2, 0.25) is 5.02 Å². The van der Waals surface area contributed by atoms with Gasteiger partial charge in [-0.3, -0.25) is 0 Å². The van der Waals surface area contributed by atoms with Gasteiger partial charge in [-0.15, -0.1) is 0 Å². The Morgan fingerprint density at radius 1 is 1.06 bits per heavy atom. The van der Waals surface area contributed by atoms with Crippen LogP contribution in [0.15, 0.2) is 36.4 Å². The van der Waals surface area contributed by atoms with Crippen molar-refractivity contribution in [2.24, 2.45) is 0 Å². The zero-order valence-corrected chi connectivity index (χ0v) is 11.3. The Bertz CT molecular complexity index is 515. The minimum absolute atomic E-state index is 0.292. The molecule has 0 unspecified atom stereocenters. The molecule has 0 aliphatic heterocycles. The Balaban J connectivity index is 2.11. The van der Waals surface area contributed by atoms with Crippen LogP contribution in [-0.4, -0.2) is 5.11 Å². The van der Waals surface area contributed by atoms with Crippen LogP contribution in [0.5, 0.6) is 5.75 Å². The average Bonchev–Trinajstić information content (AvgIpc) is 2.30. The van der Waals surface area contributed by atoms with Gasteiger partial charge < -0.3 is 10.4 Å². The van der Waals surface area contributed by atoms with Crippen LogP contribution < -0.4 is 5.32 Å². The van der Waals surface area contributed by atoms with E-state index in [1.807, 2.05) is 38.1 Å². The van der Waals surface area contributed by atoms with Gasteiger partial charge in [-0.25, -0.2) is 0 Å². The van der Waals surface area contributed by atoms with Gasteiger partial charge in [0.1, 0.15) is 5.75 Å². The Kier molecular flexibility index (Phi) is 3.78. The van der Waals surface area contributed by atoms with Crippen LogP contribution in [0.1, 0.15) is 16.7 Å². The molecular formula is C15H16ClNO. The minimum atomic E-state index is 0.292. The quantitative estimate of drug-likeness (QED) is 0.809. The zero-order chi connectivity index (χ0) is 13.1. The summed E-state index contributed by atoms with van der Waals surface area (Å²) in [5.74, 6) is 0.292. The number of anilines is 1. The molecule has 0 atom stereocenters. The number of nitrogens with one attached hydrogen (secondary N) is 1. The summed E-state index contributed by atoms with van der Waals surface area (Å²) in [5, 5.41) is 13.5. The molecule has 0 aromatic heterocycles. The molecule has 94 valence electrons. The largest absolute Gasteiger partial charge is 0.508 e. The molecule has 0 aliphatic rings. The molecule has 2 nitrogen and oxygen atoms in total. The third-order valence-electron chi connectivity index (χ3n) is 2.98. The van der Waals surface area contributed by atoms with Gasteiger partial charge >= 0.3 is 0 Å². The van der Waals surface area contributed by atoms with E-state index in [0.29, 0.717) is 5.75 Å². The van der Waals surface area contributed by atoms with E-state index in [1.54, 1.807) is 12.1 Å². The molecule has 0 saturated heterocycles. The summed E-state index contributed by atoms with van der Waals surface area (Å²) < 4.78 is 0. The van der Waals surface area contributed by atoms with Crippen LogP contribution in [0.3, 0.4) is 0 Å². The van der Waals surface area contributed by atoms with Crippen molar-refractivity contribution in [3.05, 3.63) is 58.1 Å². The highest BCUT2D eigenvalue weighted by atomic mass is 35.5. The number of aromatic hydroxyl groups is 1. The van der Waals surface area contributed by atoms with Crippen LogP contribution in [0.4, 0.5) is 5.69 Å². The lowest BCUT2D eigenvalue weighted by atomic mass is 10.1. The Hall–Kier alpha value is -1.67. The molecule has 2 N–H and O–H groups in total. The molecule has 0 saturated carbocycles. The van der Waals surface area contributed by atoms with Crippen molar-refractivity contribution in [2.45, 2.75) is 20.4 Å². The van der Waals surface area contributed by atoms with Gasteiger partial charge in [0.15, 0.2) is 0 Å². The van der Waals surface area contributed by atoms with Crippen molar-refractivity contribution in [1.29, 1.82) is 0 Å². The second-order valence-corrected chi connectivity index (χ2v) is 4.86. The predicted octanol–water partition coefficient (Wildman–Crippen LogP) is 4.27. The Morgan fingerprint density at radius 2 is 1.83 bits per heavy atom. The molecule has 0 bridgehead atoms. The van der Waals surface area contributed by atoms with E-state index in [0.717, 1.165) is 22.8 Å². The first kappa shape index (κ1) is 12.8. The van der Waals surface area contributed by atoms with Crippen molar-refractivity contribution in [3.63, 3.8) is 0 Å². The van der Waals surface area contributed by atoms with Crippen LogP contribution in [0, 0.1) is 13.8 Å². The number of halogens is 1. The van der Waals surface area contributed by atoms with E-state index >= 15 is 0 Å². The number of phenolic OH excluding ortho intramolecular Hbond substituents is 1. The highest BCUT2D eigenvalue weighted by Crippen LogP contribution is 2.22. The van der Waals surface area contributed by atoms with Crippen molar-refractivity contribution >= 4 is 17.3 Å². The molecule has 0 spiro atoms. The Labute approximate surface area is 112 Å². The van der Waals surface area contributed by atoms with Crippen LogP contribution >= 0.6 is 11.6 Å². The van der Waals surface area contributed by atoms with E-state index in [9.17, 15) is 5.11 Å². The molecule has 0 aliphatic carbocycles. The third-order valence-corrected chi connectivity index (χ3v) is 3.22. The first-order valence-corrected chi connectivity index (χ1v) is 6.22. The van der Waals surface area contributed by atoms with Gasteiger partial charge in [0.2, 0.25) is 0 Å². The van der Waals surface area contributed by atoms with E-state index in [-0.39, 0.29) is 0 Å². The molecule has 2 rings (SSSR count). The molecule has 18 heavy (non-hydrogen) atoms. The summed E-state index contributed by atoms with van der Waals surface area (Å²) in [6.45, 7) is 4.76. The molecular weight excluding hydrogens is 246 g/mol. The lowest BCUT2D eigenvalue weighted by molar-refractivity contribution is 0.475. The maximum absolute atomic E-state index is 9.35. The molecule has 0 fully saturated rings. The first-order chi connectivity index (χ1) is 8.56. The lowest BCUT2D eigenvalue weighted by Gasteiger charge is -2.11. The van der Waals surface area contributed by atoms with Crippen molar-refractivity contribution in [1.82, 2.24) is 0 Å². The highest BCUT2D eigenvalue weighted by molar-refractivity contribution is 6.30. The molecule has 0 heterocycles. The third kappa shape index (κ3) is 2.96. The second kappa shape index (κ2) is 5.32. The SMILES string of the molecule is Cc1cc(Cl)ccc1CNc1ccc(O)cc1C. The first-order valence-electron chi connectivity index (χ1n) is 5.85. The maximum Gasteiger partial charge on any atom is 0.115 e. The Morgan fingerprint density at radius 3 is 2.50 bits per heavy atom. The zero-order valence-electron chi connectivity index (χ0n) is 10.5. The maximum atomic E-state index is 9.35. The number of hydrogen-bond acceptors (Lipinski definition) is 2. The van der Waals surface area contributed by atoms with Crippen molar-refractivity contribution < 1.29 is 5.11 Å². The summed E-state index contributed by atoms with van der Waals surface area (Å²) in [7, 11) is 0. The van der Waals surface area contributed by atoms with Gasteiger partial charge in [0.25, 0.3) is 0 Å². The second-order valence-electron chi connectivity index (χ2n) is 4.42. The standard InChI is InChI=1S/C15H16ClNO/c1-10-7-13(16)4-3-12(10)9-17-15-6-5-14(18)8-11(15)2/h3-8,17-18H,9H2,1-2H3. The molecule has 2 aromatic carbocycles. The fourth-order valence-electron chi connectivity index (χ4n) is 1.89. The van der Waals surface area contributed by atoms with E-state index in [1.165, 1.54) is 11.1 Å². The number of hydrogen-bond donors (Lipinski definition) is 2. The average molecular weight is 262 g/mol. The topological polar surface area (TPSA) is 32.3 Å². The number of benzene rings is 2. The highest BCUT2D eigenvalue weighted by Gasteiger charge is 2.02. The number of rotatable bonds is 3. The van der Waals surface area contributed by atoms with E-state index in [2.05, 4.69) is 5.32 Å². The number of aryl methyl sites for hydroxylation is 2. The van der Waals surface area contributed by atoms with Gasteiger partial charge in [-0.2, -0.15) is 0 Å². The molecule has 0 amide bonds. The monoisotopic (exact) mass is 261 g/mol. The van der Waals surface area contributed by atoms with Crippen LogP contribution in [0.25, 0.3) is 0 Å². The molecule has 0 radical (unpaired) electrons. The van der Waals surface area contributed by atoms with Gasteiger partial charge in [-0.1, -0.05) is 17.7 Å². The fraction of sp³-hybridized carbons (Fsp3) is 0.200. The number of phenols is 1. The predicted molar refractivity (Wildman–Crippen MR) is 76.4 cm³/mol. The summed E-state index contributed by atoms with van der Waals surface area (Å²) in [5.41, 5.74) is 4.45. The minimum Gasteiger partial charge on any atom is -0.508 e. The van der Waals surface area contributed by atoms with E-state index < -0.39 is 0 Å².